The van der Waals surface area contributed by atoms with E-state index in [1.165, 1.54) is 0 Å². The smallest absolute Gasteiger partial charge is 0.229 e. The number of likely N-dealkylation sites (N-methyl/N-ethyl adjacent to an activating group) is 1. The Morgan fingerprint density at radius 2 is 2.12 bits per heavy atom. The second kappa shape index (κ2) is 5.36. The molecule has 0 spiro atoms. The molecule has 17 heavy (non-hydrogen) atoms. The van der Waals surface area contributed by atoms with Crippen LogP contribution < -0.4 is 5.73 Å². The van der Waals surface area contributed by atoms with E-state index in [4.69, 9.17) is 10.5 Å². The number of hydrogen-bond acceptors (Lipinski definition) is 3. The van der Waals surface area contributed by atoms with E-state index >= 15 is 0 Å². The molecule has 2 rings (SSSR count). The fourth-order valence-electron chi connectivity index (χ4n) is 3.14. The van der Waals surface area contributed by atoms with Crippen molar-refractivity contribution in [3.8, 4) is 0 Å². The quantitative estimate of drug-likeness (QED) is 0.802. The van der Waals surface area contributed by atoms with Crippen molar-refractivity contribution in [1.82, 2.24) is 4.90 Å². The molecule has 1 amide bonds. The Bertz CT molecular complexity index is 269. The second-order valence-electron chi connectivity index (χ2n) is 5.51. The number of amides is 1. The van der Waals surface area contributed by atoms with Gasteiger partial charge in [0, 0.05) is 26.7 Å². The highest BCUT2D eigenvalue weighted by Gasteiger charge is 2.41. The van der Waals surface area contributed by atoms with E-state index in [-0.39, 0.29) is 17.4 Å². The number of nitrogens with two attached hydrogens (primary N) is 1. The Hall–Kier alpha value is -0.610. The molecule has 1 atom stereocenters. The first-order chi connectivity index (χ1) is 8.18. The molecule has 1 saturated carbocycles. The highest BCUT2D eigenvalue weighted by Crippen LogP contribution is 2.38. The van der Waals surface area contributed by atoms with Gasteiger partial charge in [-0.3, -0.25) is 4.79 Å². The second-order valence-corrected chi connectivity index (χ2v) is 5.51. The van der Waals surface area contributed by atoms with E-state index in [2.05, 4.69) is 0 Å². The number of rotatable bonds is 4. The minimum atomic E-state index is -0.270. The Labute approximate surface area is 103 Å². The van der Waals surface area contributed by atoms with Crippen molar-refractivity contribution in [3.63, 3.8) is 0 Å². The fourth-order valence-corrected chi connectivity index (χ4v) is 3.14. The predicted molar refractivity (Wildman–Crippen MR) is 66.6 cm³/mol. The molecule has 1 heterocycles. The van der Waals surface area contributed by atoms with Crippen LogP contribution in [0.5, 0.6) is 0 Å². The first-order valence-corrected chi connectivity index (χ1v) is 6.75. The van der Waals surface area contributed by atoms with Gasteiger partial charge >= 0.3 is 0 Å². The molecule has 1 aliphatic carbocycles. The fraction of sp³-hybridized carbons (Fsp3) is 0.923. The monoisotopic (exact) mass is 240 g/mol. The molecule has 1 unspecified atom stereocenters. The molecule has 0 aromatic rings. The van der Waals surface area contributed by atoms with Gasteiger partial charge < -0.3 is 15.4 Å². The maximum atomic E-state index is 12.5. The highest BCUT2D eigenvalue weighted by atomic mass is 16.5. The number of ether oxygens (including phenoxy) is 1. The molecule has 4 nitrogen and oxygen atoms in total. The first kappa shape index (κ1) is 12.8. The van der Waals surface area contributed by atoms with E-state index < -0.39 is 0 Å². The molecular weight excluding hydrogens is 216 g/mol. The lowest BCUT2D eigenvalue weighted by molar-refractivity contribution is -0.141. The van der Waals surface area contributed by atoms with Crippen molar-refractivity contribution in [2.24, 2.45) is 11.1 Å². The normalized spacial score (nSPS) is 27.3. The van der Waals surface area contributed by atoms with Gasteiger partial charge in [0.2, 0.25) is 5.91 Å². The molecule has 1 saturated heterocycles. The minimum absolute atomic E-state index is 0.230. The third kappa shape index (κ3) is 2.63. The van der Waals surface area contributed by atoms with Gasteiger partial charge in [-0.25, -0.2) is 0 Å². The lowest BCUT2D eigenvalue weighted by Gasteiger charge is -2.32. The van der Waals surface area contributed by atoms with Gasteiger partial charge in [-0.2, -0.15) is 0 Å². The van der Waals surface area contributed by atoms with Crippen LogP contribution in [0.1, 0.15) is 38.5 Å². The molecule has 2 N–H and O–H groups in total. The van der Waals surface area contributed by atoms with Gasteiger partial charge in [-0.15, -0.1) is 0 Å². The summed E-state index contributed by atoms with van der Waals surface area (Å²) in [4.78, 5) is 14.3. The van der Waals surface area contributed by atoms with Crippen LogP contribution >= 0.6 is 0 Å². The number of carbonyl (C=O) groups excluding carboxylic acids is 1. The molecule has 4 heteroatoms. The van der Waals surface area contributed by atoms with Crippen LogP contribution in [0.4, 0.5) is 0 Å². The van der Waals surface area contributed by atoms with E-state index in [1.807, 2.05) is 11.9 Å². The highest BCUT2D eigenvalue weighted by molar-refractivity contribution is 5.83. The molecule has 0 radical (unpaired) electrons. The average Bonchev–Trinajstić information content (AvgIpc) is 2.99. The average molecular weight is 240 g/mol. The molecule has 98 valence electrons. The Morgan fingerprint density at radius 3 is 2.65 bits per heavy atom. The van der Waals surface area contributed by atoms with E-state index in [0.717, 1.165) is 51.7 Å². The zero-order valence-electron chi connectivity index (χ0n) is 10.8. The number of nitrogens with zero attached hydrogens (tertiary/aromatic N) is 1. The lowest BCUT2D eigenvalue weighted by atomic mass is 9.84. The molecular formula is C13H24N2O2. The summed E-state index contributed by atoms with van der Waals surface area (Å²) in [6.07, 6.45) is 6.62. The largest absolute Gasteiger partial charge is 0.376 e. The van der Waals surface area contributed by atoms with Crippen molar-refractivity contribution in [1.29, 1.82) is 0 Å². The van der Waals surface area contributed by atoms with Gasteiger partial charge in [-0.05, 0) is 25.7 Å². The standard InChI is InChI=1S/C13H24N2O2/c1-15(9-11-5-4-8-17-11)12(16)13(10-14)6-2-3-7-13/h11H,2-10,14H2,1H3. The van der Waals surface area contributed by atoms with Crippen molar-refractivity contribution >= 4 is 5.91 Å². The molecule has 0 aromatic heterocycles. The zero-order valence-corrected chi connectivity index (χ0v) is 10.8. The molecule has 2 fully saturated rings. The summed E-state index contributed by atoms with van der Waals surface area (Å²) in [7, 11) is 1.89. The molecule has 0 bridgehead atoms. The van der Waals surface area contributed by atoms with Gasteiger partial charge in [0.15, 0.2) is 0 Å². The topological polar surface area (TPSA) is 55.6 Å². The van der Waals surface area contributed by atoms with Gasteiger partial charge in [0.05, 0.1) is 11.5 Å². The minimum Gasteiger partial charge on any atom is -0.376 e. The van der Waals surface area contributed by atoms with Gasteiger partial charge in [0.1, 0.15) is 0 Å². The summed E-state index contributed by atoms with van der Waals surface area (Å²) in [5.74, 6) is 0.230. The van der Waals surface area contributed by atoms with Crippen LogP contribution in [0.2, 0.25) is 0 Å². The van der Waals surface area contributed by atoms with Gasteiger partial charge in [-0.1, -0.05) is 12.8 Å². The van der Waals surface area contributed by atoms with Gasteiger partial charge in [0.25, 0.3) is 0 Å². The van der Waals surface area contributed by atoms with Crippen LogP contribution in [-0.2, 0) is 9.53 Å². The SMILES string of the molecule is CN(CC1CCCO1)C(=O)C1(CN)CCCC1. The van der Waals surface area contributed by atoms with E-state index in [9.17, 15) is 4.79 Å². The Kier molecular flexibility index (Phi) is 4.05. The summed E-state index contributed by atoms with van der Waals surface area (Å²) in [5, 5.41) is 0. The van der Waals surface area contributed by atoms with Crippen molar-refractivity contribution in [2.45, 2.75) is 44.6 Å². The van der Waals surface area contributed by atoms with Crippen molar-refractivity contribution in [2.75, 3.05) is 26.7 Å². The molecule has 0 aromatic carbocycles. The maximum Gasteiger partial charge on any atom is 0.229 e. The van der Waals surface area contributed by atoms with Crippen LogP contribution in [0.3, 0.4) is 0 Å². The summed E-state index contributed by atoms with van der Waals surface area (Å²) in [6, 6.07) is 0. The summed E-state index contributed by atoms with van der Waals surface area (Å²) in [5.41, 5.74) is 5.57. The molecule has 2 aliphatic rings. The zero-order chi connectivity index (χ0) is 12.3. The Morgan fingerprint density at radius 1 is 1.41 bits per heavy atom. The summed E-state index contributed by atoms with van der Waals surface area (Å²) >= 11 is 0. The van der Waals surface area contributed by atoms with Crippen LogP contribution in [0, 0.1) is 5.41 Å². The number of carbonyl (C=O) groups is 1. The third-order valence-corrected chi connectivity index (χ3v) is 4.25. The predicted octanol–water partition coefficient (Wildman–Crippen LogP) is 1.14. The van der Waals surface area contributed by atoms with Crippen molar-refractivity contribution < 1.29 is 9.53 Å². The third-order valence-electron chi connectivity index (χ3n) is 4.25. The van der Waals surface area contributed by atoms with Crippen LogP contribution in [0.25, 0.3) is 0 Å². The number of hydrogen-bond donors (Lipinski definition) is 1. The van der Waals surface area contributed by atoms with Crippen molar-refractivity contribution in [3.05, 3.63) is 0 Å². The molecule has 1 aliphatic heterocycles. The first-order valence-electron chi connectivity index (χ1n) is 6.75. The van der Waals surface area contributed by atoms with E-state index in [1.54, 1.807) is 0 Å². The van der Waals surface area contributed by atoms with E-state index in [0.29, 0.717) is 6.54 Å². The van der Waals surface area contributed by atoms with Crippen LogP contribution in [0.15, 0.2) is 0 Å². The Balaban J connectivity index is 1.93. The summed E-state index contributed by atoms with van der Waals surface area (Å²) in [6.45, 7) is 2.05. The van der Waals surface area contributed by atoms with Crippen LogP contribution in [-0.4, -0.2) is 43.7 Å². The maximum absolute atomic E-state index is 12.5. The lowest BCUT2D eigenvalue weighted by Crippen LogP contribution is -2.47. The summed E-state index contributed by atoms with van der Waals surface area (Å²) < 4.78 is 5.58.